The van der Waals surface area contributed by atoms with Crippen molar-refractivity contribution in [2.75, 3.05) is 13.1 Å². The van der Waals surface area contributed by atoms with E-state index in [9.17, 15) is 4.79 Å². The number of halogens is 2. The summed E-state index contributed by atoms with van der Waals surface area (Å²) < 4.78 is 5.10. The Morgan fingerprint density at radius 3 is 2.58 bits per heavy atom. The fourth-order valence-corrected chi connectivity index (χ4v) is 1.90. The third-order valence-electron chi connectivity index (χ3n) is 2.39. The first kappa shape index (κ1) is 16.2. The molecule has 0 aromatic carbocycles. The maximum Gasteiger partial charge on any atom is 0.320 e. The first-order chi connectivity index (χ1) is 8.97. The zero-order chi connectivity index (χ0) is 14.3. The topological polar surface area (TPSA) is 51.2 Å². The number of aromatic nitrogens is 1. The number of carbonyl (C=O) groups is 1. The Kier molecular flexibility index (Phi) is 7.13. The number of nitrogens with zero attached hydrogens (tertiary/aromatic N) is 1. The summed E-state index contributed by atoms with van der Waals surface area (Å²) in [6, 6.07) is 3.24. The zero-order valence-corrected chi connectivity index (χ0v) is 12.6. The first-order valence-electron chi connectivity index (χ1n) is 6.15. The lowest BCUT2D eigenvalue weighted by Crippen LogP contribution is -2.26. The smallest absolute Gasteiger partial charge is 0.320 e. The number of ether oxygens (including phenoxy) is 1. The van der Waals surface area contributed by atoms with Crippen LogP contribution in [0.15, 0.2) is 12.1 Å². The number of hydrogen-bond acceptors (Lipinski definition) is 4. The molecule has 0 aliphatic heterocycles. The molecule has 0 atom stereocenters. The van der Waals surface area contributed by atoms with Gasteiger partial charge in [0.15, 0.2) is 0 Å². The molecule has 106 valence electrons. The average molecular weight is 305 g/mol. The van der Waals surface area contributed by atoms with Crippen molar-refractivity contribution in [2.45, 2.75) is 26.9 Å². The van der Waals surface area contributed by atoms with Gasteiger partial charge >= 0.3 is 5.97 Å². The molecule has 0 saturated heterocycles. The standard InChI is InChI=1S/C13H18Cl2N2O2/c1-9(2)3-4-16-7-13(18)19-8-10-5-11(14)17-12(15)6-10/h5-6,9,16H,3-4,7-8H2,1-2H3. The van der Waals surface area contributed by atoms with Crippen LogP contribution in [0, 0.1) is 5.92 Å². The van der Waals surface area contributed by atoms with Gasteiger partial charge in [0.05, 0.1) is 6.54 Å². The molecule has 1 heterocycles. The summed E-state index contributed by atoms with van der Waals surface area (Å²) in [6.45, 7) is 5.43. The second-order valence-corrected chi connectivity index (χ2v) is 5.42. The number of hydrogen-bond donors (Lipinski definition) is 1. The second-order valence-electron chi connectivity index (χ2n) is 4.64. The van der Waals surface area contributed by atoms with Gasteiger partial charge in [-0.25, -0.2) is 4.98 Å². The Morgan fingerprint density at radius 2 is 2.00 bits per heavy atom. The molecule has 0 fully saturated rings. The monoisotopic (exact) mass is 304 g/mol. The van der Waals surface area contributed by atoms with E-state index in [1.165, 1.54) is 0 Å². The molecule has 1 rings (SSSR count). The first-order valence-corrected chi connectivity index (χ1v) is 6.91. The van der Waals surface area contributed by atoms with Crippen LogP contribution in [0.2, 0.25) is 10.3 Å². The molecule has 1 aromatic rings. The van der Waals surface area contributed by atoms with Crippen LogP contribution < -0.4 is 5.32 Å². The fraction of sp³-hybridized carbons (Fsp3) is 0.538. The minimum atomic E-state index is -0.298. The van der Waals surface area contributed by atoms with E-state index in [2.05, 4.69) is 24.1 Å². The molecule has 19 heavy (non-hydrogen) atoms. The minimum absolute atomic E-state index is 0.145. The molecule has 0 aliphatic rings. The Labute approximate surface area is 123 Å². The molecule has 1 aromatic heterocycles. The number of esters is 1. The molecule has 0 aliphatic carbocycles. The summed E-state index contributed by atoms with van der Waals surface area (Å²) in [5.74, 6) is 0.317. The van der Waals surface area contributed by atoms with Crippen LogP contribution in [-0.2, 0) is 16.1 Å². The highest BCUT2D eigenvalue weighted by molar-refractivity contribution is 6.32. The van der Waals surface area contributed by atoms with Gasteiger partial charge in [0.2, 0.25) is 0 Å². The van der Waals surface area contributed by atoms with E-state index in [-0.39, 0.29) is 29.4 Å². The van der Waals surface area contributed by atoms with Gasteiger partial charge in [0.25, 0.3) is 0 Å². The van der Waals surface area contributed by atoms with Crippen molar-refractivity contribution in [3.8, 4) is 0 Å². The molecule has 6 heteroatoms. The Balaban J connectivity index is 2.26. The molecular weight excluding hydrogens is 287 g/mol. The van der Waals surface area contributed by atoms with Gasteiger partial charge in [-0.05, 0) is 36.6 Å². The molecule has 0 amide bonds. The Bertz CT molecular complexity index is 405. The van der Waals surface area contributed by atoms with E-state index >= 15 is 0 Å². The minimum Gasteiger partial charge on any atom is -0.460 e. The number of pyridine rings is 1. The third-order valence-corrected chi connectivity index (χ3v) is 2.78. The molecule has 0 spiro atoms. The normalized spacial score (nSPS) is 10.8. The van der Waals surface area contributed by atoms with E-state index in [1.807, 2.05) is 0 Å². The second kappa shape index (κ2) is 8.35. The van der Waals surface area contributed by atoms with Crippen molar-refractivity contribution in [1.29, 1.82) is 0 Å². The zero-order valence-electron chi connectivity index (χ0n) is 11.1. The summed E-state index contributed by atoms with van der Waals surface area (Å²) in [7, 11) is 0. The lowest BCUT2D eigenvalue weighted by atomic mass is 10.1. The number of carbonyl (C=O) groups excluding carboxylic acids is 1. The summed E-state index contributed by atoms with van der Waals surface area (Å²) in [6.07, 6.45) is 1.03. The van der Waals surface area contributed by atoms with E-state index < -0.39 is 0 Å². The van der Waals surface area contributed by atoms with E-state index in [4.69, 9.17) is 27.9 Å². The average Bonchev–Trinajstić information content (AvgIpc) is 2.31. The van der Waals surface area contributed by atoms with Gasteiger partial charge in [0, 0.05) is 0 Å². The van der Waals surface area contributed by atoms with Crippen molar-refractivity contribution >= 4 is 29.2 Å². The molecule has 0 bridgehead atoms. The predicted molar refractivity (Wildman–Crippen MR) is 76.4 cm³/mol. The largest absolute Gasteiger partial charge is 0.460 e. The lowest BCUT2D eigenvalue weighted by molar-refractivity contribution is -0.143. The summed E-state index contributed by atoms with van der Waals surface area (Å²) in [5.41, 5.74) is 0.723. The van der Waals surface area contributed by atoms with Gasteiger partial charge in [-0.2, -0.15) is 0 Å². The maximum absolute atomic E-state index is 11.5. The van der Waals surface area contributed by atoms with Crippen molar-refractivity contribution in [3.05, 3.63) is 28.0 Å². The Hall–Kier alpha value is -0.840. The third kappa shape index (κ3) is 7.35. The van der Waals surface area contributed by atoms with E-state index in [0.717, 1.165) is 18.5 Å². The van der Waals surface area contributed by atoms with Crippen molar-refractivity contribution in [1.82, 2.24) is 10.3 Å². The van der Waals surface area contributed by atoms with Crippen LogP contribution in [0.1, 0.15) is 25.8 Å². The highest BCUT2D eigenvalue weighted by atomic mass is 35.5. The van der Waals surface area contributed by atoms with Crippen LogP contribution in [-0.4, -0.2) is 24.0 Å². The summed E-state index contributed by atoms with van der Waals surface area (Å²) in [4.78, 5) is 15.3. The number of rotatable bonds is 7. The van der Waals surface area contributed by atoms with E-state index in [0.29, 0.717) is 5.92 Å². The van der Waals surface area contributed by atoms with Gasteiger partial charge < -0.3 is 10.1 Å². The van der Waals surface area contributed by atoms with Crippen molar-refractivity contribution < 1.29 is 9.53 Å². The quantitative estimate of drug-likeness (QED) is 0.478. The molecule has 1 N–H and O–H groups in total. The summed E-state index contributed by atoms with van der Waals surface area (Å²) in [5, 5.41) is 3.61. The SMILES string of the molecule is CC(C)CCNCC(=O)OCc1cc(Cl)nc(Cl)c1. The molecule has 0 radical (unpaired) electrons. The van der Waals surface area contributed by atoms with Gasteiger partial charge in [-0.15, -0.1) is 0 Å². The molecular formula is C13H18Cl2N2O2. The maximum atomic E-state index is 11.5. The molecule has 0 unspecified atom stereocenters. The fourth-order valence-electron chi connectivity index (χ4n) is 1.39. The lowest BCUT2D eigenvalue weighted by Gasteiger charge is -2.08. The number of nitrogens with one attached hydrogen (secondary N) is 1. The predicted octanol–water partition coefficient (Wildman–Crippen LogP) is 3.07. The van der Waals surface area contributed by atoms with Gasteiger partial charge in [0.1, 0.15) is 16.9 Å². The van der Waals surface area contributed by atoms with Crippen LogP contribution in [0.5, 0.6) is 0 Å². The molecule has 0 saturated carbocycles. The van der Waals surface area contributed by atoms with Crippen LogP contribution in [0.3, 0.4) is 0 Å². The highest BCUT2D eigenvalue weighted by Gasteiger charge is 2.05. The highest BCUT2D eigenvalue weighted by Crippen LogP contribution is 2.15. The molecule has 4 nitrogen and oxygen atoms in total. The van der Waals surface area contributed by atoms with Crippen LogP contribution in [0.25, 0.3) is 0 Å². The van der Waals surface area contributed by atoms with Crippen molar-refractivity contribution in [3.63, 3.8) is 0 Å². The Morgan fingerprint density at radius 1 is 1.37 bits per heavy atom. The van der Waals surface area contributed by atoms with Crippen LogP contribution in [0.4, 0.5) is 0 Å². The van der Waals surface area contributed by atoms with Crippen molar-refractivity contribution in [2.24, 2.45) is 5.92 Å². The van der Waals surface area contributed by atoms with Crippen LogP contribution >= 0.6 is 23.2 Å². The summed E-state index contributed by atoms with van der Waals surface area (Å²) >= 11 is 11.5. The van der Waals surface area contributed by atoms with E-state index in [1.54, 1.807) is 12.1 Å². The van der Waals surface area contributed by atoms with Gasteiger partial charge in [-0.3, -0.25) is 4.79 Å². The van der Waals surface area contributed by atoms with Gasteiger partial charge in [-0.1, -0.05) is 37.0 Å².